The lowest BCUT2D eigenvalue weighted by Crippen LogP contribution is -2.48. The maximum absolute atomic E-state index is 12.5. The molecule has 0 heterocycles. The van der Waals surface area contributed by atoms with E-state index in [0.29, 0.717) is 19.3 Å². The van der Waals surface area contributed by atoms with Crippen LogP contribution in [0.3, 0.4) is 0 Å². The van der Waals surface area contributed by atoms with E-state index in [1.165, 1.54) is 0 Å². The lowest BCUT2D eigenvalue weighted by Gasteiger charge is -2.34. The van der Waals surface area contributed by atoms with Gasteiger partial charge < -0.3 is 14.4 Å². The predicted octanol–water partition coefficient (Wildman–Crippen LogP) is 0.773. The highest BCUT2D eigenvalue weighted by Crippen LogP contribution is 2.29. The van der Waals surface area contributed by atoms with E-state index < -0.39 is 43.5 Å². The Kier molecular flexibility index (Phi) is 7.54. The Bertz CT molecular complexity index is 521. The van der Waals surface area contributed by atoms with Crippen molar-refractivity contribution in [3.05, 3.63) is 0 Å². The number of amides is 1. The van der Waals surface area contributed by atoms with Gasteiger partial charge in [-0.2, -0.15) is 0 Å². The number of rotatable bonds is 5. The van der Waals surface area contributed by atoms with Gasteiger partial charge in [-0.25, -0.2) is 8.42 Å². The Hall–Kier alpha value is -0.160. The quantitative estimate of drug-likeness (QED) is 0.587. The van der Waals surface area contributed by atoms with Crippen molar-refractivity contribution >= 4 is 38.9 Å². The highest BCUT2D eigenvalue weighted by Gasteiger charge is 2.37. The molecular formula is C14H25NO6S3. The molecule has 24 heavy (non-hydrogen) atoms. The van der Waals surface area contributed by atoms with Crippen molar-refractivity contribution in [1.82, 2.24) is 5.32 Å². The van der Waals surface area contributed by atoms with E-state index in [9.17, 15) is 26.5 Å². The molecule has 7 atom stereocenters. The first kappa shape index (κ1) is 20.2. The standard InChI is InChI=1S/C14H25NO6S3/c1-22(17)11-4-2-3-9(5-11)14(16)15-10-6-12(23(18)19)8-13(7-10)24(20)21/h9-13H,2-8H2,1H3,(H,15,16)(H,18,19)(H,20,21). The van der Waals surface area contributed by atoms with Crippen molar-refractivity contribution in [1.29, 1.82) is 0 Å². The maximum Gasteiger partial charge on any atom is 0.223 e. The van der Waals surface area contributed by atoms with Crippen molar-refractivity contribution in [2.45, 2.75) is 66.7 Å². The SMILES string of the molecule is CS(=O)C1CCCC(C(=O)NC2CC(S(=O)O)CC(S(=O)O)C2)C1. The maximum atomic E-state index is 12.5. The summed E-state index contributed by atoms with van der Waals surface area (Å²) in [5.74, 6) is -0.340. The molecule has 10 heteroatoms. The minimum atomic E-state index is -2.08. The molecule has 0 aromatic rings. The monoisotopic (exact) mass is 399 g/mol. The van der Waals surface area contributed by atoms with Gasteiger partial charge in [0.25, 0.3) is 0 Å². The van der Waals surface area contributed by atoms with Crippen LogP contribution in [-0.2, 0) is 37.8 Å². The van der Waals surface area contributed by atoms with Crippen LogP contribution in [0.15, 0.2) is 0 Å². The first-order valence-electron chi connectivity index (χ1n) is 8.09. The molecule has 0 bridgehead atoms. The van der Waals surface area contributed by atoms with Gasteiger partial charge in [0, 0.05) is 34.3 Å². The normalized spacial score (nSPS) is 38.0. The fourth-order valence-electron chi connectivity index (χ4n) is 3.67. The molecule has 2 fully saturated rings. The predicted molar refractivity (Wildman–Crippen MR) is 94.7 cm³/mol. The molecular weight excluding hydrogens is 374 g/mol. The molecule has 0 aromatic carbocycles. The van der Waals surface area contributed by atoms with Gasteiger partial charge in [-0.1, -0.05) is 6.42 Å². The van der Waals surface area contributed by atoms with E-state index >= 15 is 0 Å². The summed E-state index contributed by atoms with van der Waals surface area (Å²) in [5.41, 5.74) is 0. The molecule has 0 saturated heterocycles. The molecule has 1 amide bonds. The summed E-state index contributed by atoms with van der Waals surface area (Å²) in [6, 6.07) is -0.374. The van der Waals surface area contributed by atoms with Crippen LogP contribution in [0.5, 0.6) is 0 Å². The number of hydrogen-bond donors (Lipinski definition) is 3. The van der Waals surface area contributed by atoms with Gasteiger partial charge in [0.05, 0.1) is 10.5 Å². The fraction of sp³-hybridized carbons (Fsp3) is 0.929. The minimum absolute atomic E-state index is 0.0382. The lowest BCUT2D eigenvalue weighted by atomic mass is 9.87. The van der Waals surface area contributed by atoms with Gasteiger partial charge in [-0.05, 0) is 38.5 Å². The molecule has 2 rings (SSSR count). The first-order chi connectivity index (χ1) is 11.3. The average molecular weight is 400 g/mol. The minimum Gasteiger partial charge on any atom is -0.353 e. The summed E-state index contributed by atoms with van der Waals surface area (Å²) in [4.78, 5) is 12.5. The van der Waals surface area contributed by atoms with Crippen LogP contribution >= 0.6 is 0 Å². The van der Waals surface area contributed by atoms with Gasteiger partial charge in [-0.3, -0.25) is 9.00 Å². The molecule has 0 aliphatic heterocycles. The van der Waals surface area contributed by atoms with Gasteiger partial charge in [0.2, 0.25) is 5.91 Å². The Labute approximate surface area is 149 Å². The van der Waals surface area contributed by atoms with E-state index in [1.807, 2.05) is 0 Å². The molecule has 0 radical (unpaired) electrons. The molecule has 2 aliphatic rings. The average Bonchev–Trinajstić information content (AvgIpc) is 2.54. The summed E-state index contributed by atoms with van der Waals surface area (Å²) in [7, 11) is -0.946. The lowest BCUT2D eigenvalue weighted by molar-refractivity contribution is -0.126. The summed E-state index contributed by atoms with van der Waals surface area (Å²) >= 11 is -4.16. The van der Waals surface area contributed by atoms with Crippen molar-refractivity contribution in [2.24, 2.45) is 5.92 Å². The van der Waals surface area contributed by atoms with Gasteiger partial charge in [0.15, 0.2) is 22.2 Å². The largest absolute Gasteiger partial charge is 0.353 e. The molecule has 2 saturated carbocycles. The second-order valence-electron chi connectivity index (χ2n) is 6.69. The van der Waals surface area contributed by atoms with Crippen molar-refractivity contribution in [2.75, 3.05) is 6.26 Å². The van der Waals surface area contributed by atoms with E-state index in [0.717, 1.165) is 19.3 Å². The summed E-state index contributed by atoms with van der Waals surface area (Å²) in [6.45, 7) is 0. The van der Waals surface area contributed by atoms with E-state index in [-0.39, 0.29) is 29.5 Å². The molecule has 0 spiro atoms. The zero-order valence-electron chi connectivity index (χ0n) is 13.6. The smallest absolute Gasteiger partial charge is 0.223 e. The van der Waals surface area contributed by atoms with Crippen molar-refractivity contribution in [3.8, 4) is 0 Å². The highest BCUT2D eigenvalue weighted by atomic mass is 32.2. The van der Waals surface area contributed by atoms with Crippen LogP contribution in [0, 0.1) is 5.92 Å². The van der Waals surface area contributed by atoms with E-state index in [4.69, 9.17) is 0 Å². The highest BCUT2D eigenvalue weighted by molar-refractivity contribution is 7.84. The van der Waals surface area contributed by atoms with Crippen LogP contribution in [-0.4, -0.2) is 55.7 Å². The Morgan fingerprint density at radius 1 is 0.917 bits per heavy atom. The Balaban J connectivity index is 1.97. The summed E-state index contributed by atoms with van der Waals surface area (Å²) in [5, 5.41) is 1.72. The summed E-state index contributed by atoms with van der Waals surface area (Å²) in [6.07, 6.45) is 5.60. The first-order valence-corrected chi connectivity index (χ1v) is 12.1. The fourth-order valence-corrected chi connectivity index (χ4v) is 6.38. The zero-order valence-corrected chi connectivity index (χ0v) is 16.0. The third-order valence-corrected chi connectivity index (χ3v) is 8.28. The zero-order chi connectivity index (χ0) is 17.9. The number of nitrogens with one attached hydrogen (secondary N) is 1. The number of carbonyl (C=O) groups excluding carboxylic acids is 1. The van der Waals surface area contributed by atoms with Crippen LogP contribution in [0.2, 0.25) is 0 Å². The third-order valence-electron chi connectivity index (χ3n) is 5.00. The molecule has 140 valence electrons. The second-order valence-corrected chi connectivity index (χ2v) is 10.8. The van der Waals surface area contributed by atoms with Crippen molar-refractivity contribution in [3.63, 3.8) is 0 Å². The van der Waals surface area contributed by atoms with Gasteiger partial charge >= 0.3 is 0 Å². The van der Waals surface area contributed by atoms with Gasteiger partial charge in [-0.15, -0.1) is 0 Å². The molecule has 0 aromatic heterocycles. The number of carbonyl (C=O) groups is 1. The Morgan fingerprint density at radius 2 is 1.50 bits per heavy atom. The van der Waals surface area contributed by atoms with Gasteiger partial charge in [0.1, 0.15) is 0 Å². The van der Waals surface area contributed by atoms with Crippen LogP contribution in [0.4, 0.5) is 0 Å². The van der Waals surface area contributed by atoms with Crippen LogP contribution in [0.25, 0.3) is 0 Å². The van der Waals surface area contributed by atoms with Crippen LogP contribution in [0.1, 0.15) is 44.9 Å². The molecule has 7 unspecified atom stereocenters. The second kappa shape index (κ2) is 8.98. The molecule has 7 nitrogen and oxygen atoms in total. The Morgan fingerprint density at radius 3 is 2.00 bits per heavy atom. The third kappa shape index (κ3) is 5.42. The van der Waals surface area contributed by atoms with E-state index in [1.54, 1.807) is 6.26 Å². The number of hydrogen-bond acceptors (Lipinski definition) is 4. The topological polar surface area (TPSA) is 121 Å². The molecule has 2 aliphatic carbocycles. The molecule has 3 N–H and O–H groups in total. The van der Waals surface area contributed by atoms with Crippen LogP contribution < -0.4 is 5.32 Å². The van der Waals surface area contributed by atoms with Crippen molar-refractivity contribution < 1.29 is 26.5 Å². The van der Waals surface area contributed by atoms with E-state index in [2.05, 4.69) is 5.32 Å². The summed E-state index contributed by atoms with van der Waals surface area (Å²) < 4.78 is 53.0.